The van der Waals surface area contributed by atoms with Crippen molar-refractivity contribution in [2.24, 2.45) is 5.92 Å². The molecule has 2 fully saturated rings. The van der Waals surface area contributed by atoms with Crippen molar-refractivity contribution >= 4 is 0 Å². The average Bonchev–Trinajstić information content (AvgIpc) is 3.11. The van der Waals surface area contributed by atoms with E-state index >= 15 is 0 Å². The number of rotatable bonds is 4. The fourth-order valence-electron chi connectivity index (χ4n) is 4.19. The van der Waals surface area contributed by atoms with Gasteiger partial charge in [0.15, 0.2) is 5.82 Å². The second-order valence-electron chi connectivity index (χ2n) is 6.91. The first-order chi connectivity index (χ1) is 10.3. The average molecular weight is 291 g/mol. The summed E-state index contributed by atoms with van der Waals surface area (Å²) in [6, 6.07) is 0.493. The molecule has 4 unspecified atom stereocenters. The number of aromatic nitrogens is 2. The van der Waals surface area contributed by atoms with Crippen LogP contribution in [0.3, 0.4) is 0 Å². The molecule has 1 N–H and O–H groups in total. The van der Waals surface area contributed by atoms with Crippen molar-refractivity contribution in [3.63, 3.8) is 0 Å². The quantitative estimate of drug-likeness (QED) is 0.852. The van der Waals surface area contributed by atoms with Crippen LogP contribution in [0.15, 0.2) is 4.52 Å². The first-order valence-corrected chi connectivity index (χ1v) is 8.82. The minimum atomic E-state index is 0.405. The number of nitrogens with one attached hydrogen (secondary N) is 1. The highest BCUT2D eigenvalue weighted by Gasteiger charge is 2.32. The summed E-state index contributed by atoms with van der Waals surface area (Å²) in [5.74, 6) is 3.65. The Bertz CT molecular complexity index is 445. The number of hydrogen-bond donors (Lipinski definition) is 1. The molecular weight excluding hydrogens is 262 g/mol. The summed E-state index contributed by atoms with van der Waals surface area (Å²) in [4.78, 5) is 4.81. The van der Waals surface area contributed by atoms with Crippen LogP contribution in [0.5, 0.6) is 0 Å². The van der Waals surface area contributed by atoms with Gasteiger partial charge < -0.3 is 9.84 Å². The van der Waals surface area contributed by atoms with Gasteiger partial charge in [-0.05, 0) is 45.1 Å². The van der Waals surface area contributed by atoms with Crippen LogP contribution in [0.4, 0.5) is 0 Å². The molecule has 4 heteroatoms. The van der Waals surface area contributed by atoms with Crippen molar-refractivity contribution in [3.05, 3.63) is 11.7 Å². The van der Waals surface area contributed by atoms with E-state index in [4.69, 9.17) is 9.51 Å². The Morgan fingerprint density at radius 2 is 2.00 bits per heavy atom. The molecular formula is C17H29N3O. The van der Waals surface area contributed by atoms with Gasteiger partial charge in [0.1, 0.15) is 0 Å². The standard InChI is InChI=1S/C17H29N3O/c1-3-12-9-10-13(11-12)16-19-17(21-20-16)14-7-5-4-6-8-15(14)18-2/h12-15,18H,3-11H2,1-2H3. The number of likely N-dealkylation sites (N-methyl/N-ethyl adjacent to an activating group) is 1. The van der Waals surface area contributed by atoms with Crippen LogP contribution >= 0.6 is 0 Å². The van der Waals surface area contributed by atoms with Crippen molar-refractivity contribution in [3.8, 4) is 0 Å². The van der Waals surface area contributed by atoms with E-state index in [1.54, 1.807) is 0 Å². The smallest absolute Gasteiger partial charge is 0.231 e. The van der Waals surface area contributed by atoms with Crippen molar-refractivity contribution in [2.45, 2.75) is 82.6 Å². The van der Waals surface area contributed by atoms with Crippen molar-refractivity contribution in [1.29, 1.82) is 0 Å². The van der Waals surface area contributed by atoms with Gasteiger partial charge >= 0.3 is 0 Å². The molecule has 0 saturated heterocycles. The van der Waals surface area contributed by atoms with Gasteiger partial charge in [-0.2, -0.15) is 4.98 Å². The van der Waals surface area contributed by atoms with Crippen molar-refractivity contribution < 1.29 is 4.52 Å². The summed E-state index contributed by atoms with van der Waals surface area (Å²) >= 11 is 0. The van der Waals surface area contributed by atoms with Gasteiger partial charge in [0.05, 0.1) is 5.92 Å². The molecule has 1 heterocycles. The van der Waals surface area contributed by atoms with E-state index in [1.807, 2.05) is 0 Å². The Labute approximate surface area is 128 Å². The second-order valence-corrected chi connectivity index (χ2v) is 6.91. The highest BCUT2D eigenvalue weighted by molar-refractivity contribution is 5.05. The molecule has 1 aromatic heterocycles. The predicted molar refractivity (Wildman–Crippen MR) is 83.3 cm³/mol. The Balaban J connectivity index is 1.71. The number of hydrogen-bond acceptors (Lipinski definition) is 4. The lowest BCUT2D eigenvalue weighted by Gasteiger charge is -2.21. The molecule has 4 atom stereocenters. The lowest BCUT2D eigenvalue weighted by molar-refractivity contribution is 0.308. The zero-order valence-corrected chi connectivity index (χ0v) is 13.5. The third kappa shape index (κ3) is 3.31. The van der Waals surface area contributed by atoms with Gasteiger partial charge in [-0.1, -0.05) is 37.8 Å². The van der Waals surface area contributed by atoms with Gasteiger partial charge in [0, 0.05) is 12.0 Å². The fourth-order valence-corrected chi connectivity index (χ4v) is 4.19. The summed E-state index contributed by atoms with van der Waals surface area (Å²) in [5.41, 5.74) is 0. The molecule has 0 aromatic carbocycles. The van der Waals surface area contributed by atoms with Gasteiger partial charge in [0.2, 0.25) is 5.89 Å². The van der Waals surface area contributed by atoms with Crippen LogP contribution in [0.25, 0.3) is 0 Å². The predicted octanol–water partition coefficient (Wildman–Crippen LogP) is 4.00. The van der Waals surface area contributed by atoms with E-state index in [1.165, 1.54) is 57.8 Å². The molecule has 4 nitrogen and oxygen atoms in total. The van der Waals surface area contributed by atoms with Gasteiger partial charge in [0.25, 0.3) is 0 Å². The Kier molecular flexibility index (Phi) is 4.94. The SMILES string of the molecule is CCC1CCC(c2noc(C3CCCCCC3NC)n2)C1. The second kappa shape index (κ2) is 6.91. The lowest BCUT2D eigenvalue weighted by atomic mass is 9.94. The molecule has 21 heavy (non-hydrogen) atoms. The third-order valence-electron chi connectivity index (χ3n) is 5.65. The molecule has 3 rings (SSSR count). The molecule has 0 bridgehead atoms. The van der Waals surface area contributed by atoms with E-state index in [0.29, 0.717) is 17.9 Å². The van der Waals surface area contributed by atoms with Crippen molar-refractivity contribution in [2.75, 3.05) is 7.05 Å². The number of nitrogens with zero attached hydrogens (tertiary/aromatic N) is 2. The molecule has 0 spiro atoms. The largest absolute Gasteiger partial charge is 0.339 e. The van der Waals surface area contributed by atoms with Crippen molar-refractivity contribution in [1.82, 2.24) is 15.5 Å². The van der Waals surface area contributed by atoms with Crippen LogP contribution in [-0.2, 0) is 0 Å². The summed E-state index contributed by atoms with van der Waals surface area (Å²) < 4.78 is 5.67. The maximum atomic E-state index is 5.67. The van der Waals surface area contributed by atoms with Crippen LogP contribution < -0.4 is 5.32 Å². The van der Waals surface area contributed by atoms with Gasteiger partial charge in [-0.25, -0.2) is 0 Å². The van der Waals surface area contributed by atoms with E-state index in [2.05, 4.69) is 24.4 Å². The Morgan fingerprint density at radius 3 is 2.76 bits per heavy atom. The minimum Gasteiger partial charge on any atom is -0.339 e. The molecule has 2 aliphatic carbocycles. The lowest BCUT2D eigenvalue weighted by Crippen LogP contribution is -2.31. The summed E-state index contributed by atoms with van der Waals surface area (Å²) in [7, 11) is 2.06. The summed E-state index contributed by atoms with van der Waals surface area (Å²) in [6.07, 6.45) is 11.4. The van der Waals surface area contributed by atoms with E-state index in [0.717, 1.165) is 17.6 Å². The van der Waals surface area contributed by atoms with E-state index in [-0.39, 0.29) is 0 Å². The highest BCUT2D eigenvalue weighted by Crippen LogP contribution is 2.39. The topological polar surface area (TPSA) is 51.0 Å². The highest BCUT2D eigenvalue weighted by atomic mass is 16.5. The molecule has 1 aromatic rings. The zero-order chi connectivity index (χ0) is 14.7. The maximum Gasteiger partial charge on any atom is 0.231 e. The minimum absolute atomic E-state index is 0.405. The molecule has 0 aliphatic heterocycles. The van der Waals surface area contributed by atoms with Crippen LogP contribution in [0.1, 0.15) is 88.3 Å². The van der Waals surface area contributed by atoms with E-state index < -0.39 is 0 Å². The van der Waals surface area contributed by atoms with Crippen LogP contribution in [0.2, 0.25) is 0 Å². The normalized spacial score (nSPS) is 34.0. The molecule has 0 radical (unpaired) electrons. The van der Waals surface area contributed by atoms with Gasteiger partial charge in [-0.3, -0.25) is 0 Å². The van der Waals surface area contributed by atoms with Crippen LogP contribution in [-0.4, -0.2) is 23.2 Å². The first-order valence-electron chi connectivity index (χ1n) is 8.82. The molecule has 2 aliphatic rings. The summed E-state index contributed by atoms with van der Waals surface area (Å²) in [5, 5.41) is 7.79. The maximum absolute atomic E-state index is 5.67. The van der Waals surface area contributed by atoms with Gasteiger partial charge in [-0.15, -0.1) is 0 Å². The molecule has 0 amide bonds. The fraction of sp³-hybridized carbons (Fsp3) is 0.882. The first kappa shape index (κ1) is 15.0. The van der Waals surface area contributed by atoms with E-state index in [9.17, 15) is 0 Å². The third-order valence-corrected chi connectivity index (χ3v) is 5.65. The molecule has 118 valence electrons. The van der Waals surface area contributed by atoms with Crippen LogP contribution in [0, 0.1) is 5.92 Å². The summed E-state index contributed by atoms with van der Waals surface area (Å²) in [6.45, 7) is 2.29. The zero-order valence-electron chi connectivity index (χ0n) is 13.5. The Hall–Kier alpha value is -0.900. The Morgan fingerprint density at radius 1 is 1.14 bits per heavy atom. The molecule has 2 saturated carbocycles. The monoisotopic (exact) mass is 291 g/mol.